The predicted molar refractivity (Wildman–Crippen MR) is 162 cm³/mol. The number of amides is 2. The van der Waals surface area contributed by atoms with Crippen LogP contribution in [-0.4, -0.2) is 98.9 Å². The second-order valence-corrected chi connectivity index (χ2v) is 12.8. The van der Waals surface area contributed by atoms with E-state index >= 15 is 0 Å². The van der Waals surface area contributed by atoms with Crippen molar-refractivity contribution in [2.75, 3.05) is 7.05 Å². The van der Waals surface area contributed by atoms with Gasteiger partial charge < -0.3 is 44.5 Å². The molecule has 3 heterocycles. The average Bonchev–Trinajstić information content (AvgIpc) is 3.01. The highest BCUT2D eigenvalue weighted by molar-refractivity contribution is 6.20. The number of pyridine rings is 1. The van der Waals surface area contributed by atoms with Crippen molar-refractivity contribution in [1.29, 1.82) is 0 Å². The van der Waals surface area contributed by atoms with Crippen molar-refractivity contribution in [1.82, 2.24) is 15.2 Å². The van der Waals surface area contributed by atoms with Crippen LogP contribution in [0.25, 0.3) is 0 Å². The summed E-state index contributed by atoms with van der Waals surface area (Å²) in [6.45, 7) is 5.42. The lowest BCUT2D eigenvalue weighted by molar-refractivity contribution is -0.452. The molecule has 5 rings (SSSR count). The van der Waals surface area contributed by atoms with Gasteiger partial charge in [-0.05, 0) is 43.9 Å². The maximum absolute atomic E-state index is 13.2. The normalized spacial score (nSPS) is 35.0. The molecule has 1 saturated carbocycles. The molecule has 12 nitrogen and oxygen atoms in total. The van der Waals surface area contributed by atoms with E-state index in [-0.39, 0.29) is 24.8 Å². The SMILES string of the molecule is CC[C@H]1[C@H](O)[C@H]2O[C@@H]3O[C@H](C)C[C@@H](NC(=O)Cc4ccc(C(C)Cl)cn4)[C@]3(O)O[C@@H]2[C@@H](N(C)C(=O)OCc2ccccc2)[C@H]1O. The van der Waals surface area contributed by atoms with E-state index in [1.807, 2.05) is 44.2 Å². The quantitative estimate of drug-likeness (QED) is 0.313. The highest BCUT2D eigenvalue weighted by Gasteiger charge is 2.64. The monoisotopic (exact) mass is 647 g/mol. The second-order valence-electron chi connectivity index (χ2n) is 12.1. The minimum absolute atomic E-state index is 0.00639. The topological polar surface area (TPSA) is 160 Å². The number of ether oxygens (including phenoxy) is 4. The van der Waals surface area contributed by atoms with Gasteiger partial charge in [0.1, 0.15) is 18.8 Å². The lowest BCUT2D eigenvalue weighted by atomic mass is 9.74. The predicted octanol–water partition coefficient (Wildman–Crippen LogP) is 2.42. The molecule has 2 aromatic rings. The molecule has 1 unspecified atom stereocenters. The first kappa shape index (κ1) is 33.5. The van der Waals surface area contributed by atoms with Crippen molar-refractivity contribution in [3.05, 3.63) is 65.5 Å². The molecule has 3 aliphatic rings. The molecule has 2 aliphatic heterocycles. The van der Waals surface area contributed by atoms with Crippen molar-refractivity contribution < 1.29 is 43.9 Å². The summed E-state index contributed by atoms with van der Waals surface area (Å²) in [7, 11) is 1.46. The second kappa shape index (κ2) is 13.9. The van der Waals surface area contributed by atoms with Crippen LogP contribution in [0.3, 0.4) is 0 Å². The summed E-state index contributed by atoms with van der Waals surface area (Å²) in [6, 6.07) is 10.6. The van der Waals surface area contributed by atoms with Crippen molar-refractivity contribution >= 4 is 23.6 Å². The van der Waals surface area contributed by atoms with E-state index in [1.165, 1.54) is 11.9 Å². The van der Waals surface area contributed by atoms with Gasteiger partial charge in [-0.1, -0.05) is 43.3 Å². The molecule has 13 heteroatoms. The Hall–Kier alpha value is -2.84. The van der Waals surface area contributed by atoms with Crippen LogP contribution in [0.15, 0.2) is 48.7 Å². The van der Waals surface area contributed by atoms with Gasteiger partial charge in [0.2, 0.25) is 18.0 Å². The first-order valence-corrected chi connectivity index (χ1v) is 15.8. The molecule has 2 saturated heterocycles. The molecule has 11 atom stereocenters. The van der Waals surface area contributed by atoms with E-state index in [2.05, 4.69) is 10.3 Å². The van der Waals surface area contributed by atoms with Crippen LogP contribution in [0, 0.1) is 5.92 Å². The van der Waals surface area contributed by atoms with Gasteiger partial charge in [0.05, 0.1) is 42.2 Å². The van der Waals surface area contributed by atoms with Gasteiger partial charge in [0.25, 0.3) is 0 Å². The van der Waals surface area contributed by atoms with Crippen LogP contribution in [0.4, 0.5) is 4.79 Å². The van der Waals surface area contributed by atoms with E-state index in [1.54, 1.807) is 25.3 Å². The van der Waals surface area contributed by atoms with Gasteiger partial charge in [-0.2, -0.15) is 0 Å². The average molecular weight is 648 g/mol. The Morgan fingerprint density at radius 3 is 2.53 bits per heavy atom. The molecule has 1 aliphatic carbocycles. The Morgan fingerprint density at radius 1 is 1.16 bits per heavy atom. The zero-order chi connectivity index (χ0) is 32.5. The van der Waals surface area contributed by atoms with E-state index in [0.29, 0.717) is 12.1 Å². The summed E-state index contributed by atoms with van der Waals surface area (Å²) < 4.78 is 24.0. The fraction of sp³-hybridized carbons (Fsp3) is 0.594. The van der Waals surface area contributed by atoms with Gasteiger partial charge in [-0.25, -0.2) is 4.79 Å². The van der Waals surface area contributed by atoms with Gasteiger partial charge >= 0.3 is 6.09 Å². The summed E-state index contributed by atoms with van der Waals surface area (Å²) in [6.07, 6.45) is -5.13. The number of nitrogens with one attached hydrogen (secondary N) is 1. The number of aliphatic hydroxyl groups is 3. The van der Waals surface area contributed by atoms with Crippen molar-refractivity contribution in [2.45, 2.75) is 107 Å². The van der Waals surface area contributed by atoms with Crippen LogP contribution >= 0.6 is 11.6 Å². The molecule has 2 amide bonds. The highest BCUT2D eigenvalue weighted by atomic mass is 35.5. The number of rotatable bonds is 8. The fourth-order valence-electron chi connectivity index (χ4n) is 6.46. The lowest BCUT2D eigenvalue weighted by Gasteiger charge is -2.58. The molecule has 0 bridgehead atoms. The number of nitrogens with zero attached hydrogens (tertiary/aromatic N) is 2. The number of carbonyl (C=O) groups excluding carboxylic acids is 2. The molecule has 246 valence electrons. The molecule has 3 fully saturated rings. The fourth-order valence-corrected chi connectivity index (χ4v) is 6.59. The third-order valence-corrected chi connectivity index (χ3v) is 9.24. The number of hydrogen-bond donors (Lipinski definition) is 4. The standard InChI is InChI=1S/C32H42ClN3O9/c1-5-22-26(38)25(36(4)31(40)42-16-19-9-7-6-8-10-19)28-29(27(22)39)44-30-32(41,45-28)23(13-17(2)43-30)35-24(37)14-21-12-11-20(15-34-21)18(3)33/h6-12,15,17-18,22-23,25-30,38-39,41H,5,13-14,16H2,1-4H3,(H,35,37)/t17-,18?,22-,23-,25+,26+,27+,28-,29-,30+,32+/m1/s1. The number of hydrogen-bond acceptors (Lipinski definition) is 10. The zero-order valence-electron chi connectivity index (χ0n) is 25.8. The van der Waals surface area contributed by atoms with Crippen LogP contribution in [0.2, 0.25) is 0 Å². The summed E-state index contributed by atoms with van der Waals surface area (Å²) in [5.74, 6) is -3.30. The number of alkyl halides is 1. The van der Waals surface area contributed by atoms with Crippen LogP contribution in [-0.2, 0) is 36.8 Å². The van der Waals surface area contributed by atoms with E-state index < -0.39 is 72.6 Å². The van der Waals surface area contributed by atoms with Gasteiger partial charge in [0, 0.05) is 24.9 Å². The Kier molecular flexibility index (Phi) is 10.3. The number of aliphatic hydroxyl groups excluding tert-OH is 2. The Morgan fingerprint density at radius 2 is 1.89 bits per heavy atom. The van der Waals surface area contributed by atoms with Gasteiger partial charge in [-0.15, -0.1) is 11.6 Å². The number of benzene rings is 1. The summed E-state index contributed by atoms with van der Waals surface area (Å²) in [5, 5.41) is 37.3. The highest BCUT2D eigenvalue weighted by Crippen LogP contribution is 2.44. The minimum atomic E-state index is -2.21. The smallest absolute Gasteiger partial charge is 0.410 e. The Balaban J connectivity index is 1.36. The Labute approximate surface area is 267 Å². The third-order valence-electron chi connectivity index (χ3n) is 8.99. The molecular formula is C32H42ClN3O9. The number of fused-ring (bicyclic) bond motifs is 2. The molecule has 0 spiro atoms. The largest absolute Gasteiger partial charge is 0.445 e. The summed E-state index contributed by atoms with van der Waals surface area (Å²) >= 11 is 6.11. The van der Waals surface area contributed by atoms with E-state index in [4.69, 9.17) is 30.5 Å². The zero-order valence-corrected chi connectivity index (χ0v) is 26.5. The van der Waals surface area contributed by atoms with Crippen molar-refractivity contribution in [2.24, 2.45) is 5.92 Å². The molecular weight excluding hydrogens is 606 g/mol. The van der Waals surface area contributed by atoms with Crippen molar-refractivity contribution in [3.8, 4) is 0 Å². The van der Waals surface area contributed by atoms with Crippen molar-refractivity contribution in [3.63, 3.8) is 0 Å². The molecule has 4 N–H and O–H groups in total. The van der Waals surface area contributed by atoms with Gasteiger partial charge in [-0.3, -0.25) is 9.78 Å². The van der Waals surface area contributed by atoms with Crippen LogP contribution in [0.5, 0.6) is 0 Å². The van der Waals surface area contributed by atoms with E-state index in [0.717, 1.165) is 11.1 Å². The number of aromatic nitrogens is 1. The molecule has 0 radical (unpaired) electrons. The Bertz CT molecular complexity index is 1320. The molecule has 1 aromatic carbocycles. The van der Waals surface area contributed by atoms with Crippen LogP contribution in [0.1, 0.15) is 55.8 Å². The summed E-state index contributed by atoms with van der Waals surface area (Å²) in [4.78, 5) is 31.9. The van der Waals surface area contributed by atoms with Gasteiger partial charge in [0.15, 0.2) is 0 Å². The number of likely N-dealkylation sites (N-methyl/N-ethyl adjacent to an activating group) is 1. The number of halogens is 1. The van der Waals surface area contributed by atoms with E-state index in [9.17, 15) is 24.9 Å². The first-order chi connectivity index (χ1) is 21.4. The maximum atomic E-state index is 13.2. The minimum Gasteiger partial charge on any atom is -0.445 e. The summed E-state index contributed by atoms with van der Waals surface area (Å²) in [5.41, 5.74) is 2.12. The molecule has 1 aromatic heterocycles. The van der Waals surface area contributed by atoms with Crippen LogP contribution < -0.4 is 5.32 Å². The lowest BCUT2D eigenvalue weighted by Crippen LogP contribution is -2.77. The molecule has 45 heavy (non-hydrogen) atoms. The maximum Gasteiger partial charge on any atom is 0.410 e. The number of carbonyl (C=O) groups is 2. The first-order valence-electron chi connectivity index (χ1n) is 15.3. The third kappa shape index (κ3) is 6.97.